The van der Waals surface area contributed by atoms with Gasteiger partial charge in [-0.2, -0.15) is 16.1 Å². The van der Waals surface area contributed by atoms with E-state index in [4.69, 9.17) is 9.15 Å². The predicted octanol–water partition coefficient (Wildman–Crippen LogP) is 2.74. The van der Waals surface area contributed by atoms with Gasteiger partial charge in [0, 0.05) is 31.0 Å². The molecular formula is C20H26N2O5S2. The van der Waals surface area contributed by atoms with Gasteiger partial charge in [-0.05, 0) is 44.2 Å². The Bertz CT molecular complexity index is 905. The predicted molar refractivity (Wildman–Crippen MR) is 112 cm³/mol. The summed E-state index contributed by atoms with van der Waals surface area (Å²) in [5.41, 5.74) is 0.330. The first-order valence-electron chi connectivity index (χ1n) is 9.50. The molecule has 0 saturated carbocycles. The average Bonchev–Trinajstić information content (AvgIpc) is 3.20. The molecule has 1 aliphatic rings. The van der Waals surface area contributed by atoms with Crippen LogP contribution in [0.2, 0.25) is 0 Å². The lowest BCUT2D eigenvalue weighted by atomic mass is 10.2. The zero-order valence-electron chi connectivity index (χ0n) is 16.5. The highest BCUT2D eigenvalue weighted by atomic mass is 32.2. The molecule has 1 amide bonds. The van der Waals surface area contributed by atoms with Crippen LogP contribution >= 0.6 is 11.8 Å². The number of carbonyl (C=O) groups excluding carboxylic acids is 1. The molecule has 1 aromatic heterocycles. The Kier molecular flexibility index (Phi) is 7.39. The number of morpholine rings is 1. The van der Waals surface area contributed by atoms with E-state index in [9.17, 15) is 13.2 Å². The maximum absolute atomic E-state index is 13.0. The van der Waals surface area contributed by atoms with Crippen LogP contribution in [0, 0.1) is 0 Å². The van der Waals surface area contributed by atoms with Gasteiger partial charge < -0.3 is 14.5 Å². The van der Waals surface area contributed by atoms with E-state index in [-0.39, 0.29) is 23.0 Å². The fourth-order valence-corrected chi connectivity index (χ4v) is 5.57. The van der Waals surface area contributed by atoms with Crippen molar-refractivity contribution in [2.24, 2.45) is 0 Å². The minimum absolute atomic E-state index is 0.124. The van der Waals surface area contributed by atoms with Gasteiger partial charge in [0.05, 0.1) is 29.1 Å². The van der Waals surface area contributed by atoms with Crippen molar-refractivity contribution in [3.63, 3.8) is 0 Å². The summed E-state index contributed by atoms with van der Waals surface area (Å²) in [6.07, 6.45) is 1.30. The van der Waals surface area contributed by atoms with Crippen molar-refractivity contribution in [1.29, 1.82) is 0 Å². The smallest absolute Gasteiger partial charge is 0.251 e. The number of nitrogens with one attached hydrogen (secondary N) is 1. The number of carbonyl (C=O) groups is 1. The number of ether oxygens (including phenoxy) is 1. The normalized spacial score (nSPS) is 20.5. The summed E-state index contributed by atoms with van der Waals surface area (Å²) in [5.74, 6) is 2.08. The van der Waals surface area contributed by atoms with Crippen molar-refractivity contribution in [1.82, 2.24) is 9.62 Å². The Morgan fingerprint density at radius 1 is 1.21 bits per heavy atom. The minimum Gasteiger partial charge on any atom is -0.468 e. The van der Waals surface area contributed by atoms with Crippen LogP contribution in [0.4, 0.5) is 0 Å². The zero-order chi connectivity index (χ0) is 20.9. The molecule has 1 saturated heterocycles. The van der Waals surface area contributed by atoms with Gasteiger partial charge in [-0.3, -0.25) is 4.79 Å². The van der Waals surface area contributed by atoms with E-state index in [1.165, 1.54) is 16.4 Å². The molecule has 2 aromatic rings. The topological polar surface area (TPSA) is 88.9 Å². The monoisotopic (exact) mass is 438 g/mol. The van der Waals surface area contributed by atoms with Crippen LogP contribution < -0.4 is 5.32 Å². The van der Waals surface area contributed by atoms with E-state index < -0.39 is 10.0 Å². The third kappa shape index (κ3) is 5.85. The van der Waals surface area contributed by atoms with Crippen LogP contribution in [0.3, 0.4) is 0 Å². The molecule has 0 spiro atoms. The van der Waals surface area contributed by atoms with Crippen molar-refractivity contribution >= 4 is 27.7 Å². The zero-order valence-corrected chi connectivity index (χ0v) is 18.2. The van der Waals surface area contributed by atoms with Gasteiger partial charge in [-0.15, -0.1) is 0 Å². The number of thioether (sulfide) groups is 1. The standard InChI is InChI=1S/C20H26N2O5S2/c1-15-12-22(13-16(2)27-15)29(24,25)19-7-3-5-17(11-19)20(23)21-8-10-28-14-18-6-4-9-26-18/h3-7,9,11,15-16H,8,10,12-14H2,1-2H3,(H,21,23)/t15-,16-/m1/s1. The van der Waals surface area contributed by atoms with Gasteiger partial charge in [-0.25, -0.2) is 8.42 Å². The molecule has 0 aliphatic carbocycles. The Labute approximate surface area is 175 Å². The third-order valence-electron chi connectivity index (χ3n) is 4.48. The minimum atomic E-state index is -3.68. The number of nitrogens with zero attached hydrogens (tertiary/aromatic N) is 1. The van der Waals surface area contributed by atoms with Crippen LogP contribution in [0.15, 0.2) is 52.0 Å². The molecule has 2 heterocycles. The summed E-state index contributed by atoms with van der Waals surface area (Å²) >= 11 is 1.65. The number of hydrogen-bond donors (Lipinski definition) is 1. The maximum Gasteiger partial charge on any atom is 0.251 e. The quantitative estimate of drug-likeness (QED) is 0.638. The van der Waals surface area contributed by atoms with E-state index in [2.05, 4.69) is 5.32 Å². The van der Waals surface area contributed by atoms with Crippen LogP contribution in [0.5, 0.6) is 0 Å². The van der Waals surface area contributed by atoms with Crippen molar-refractivity contribution in [2.45, 2.75) is 36.7 Å². The lowest BCUT2D eigenvalue weighted by Crippen LogP contribution is -2.48. The van der Waals surface area contributed by atoms with E-state index in [0.29, 0.717) is 25.2 Å². The van der Waals surface area contributed by atoms with Gasteiger partial charge >= 0.3 is 0 Å². The molecule has 7 nitrogen and oxygen atoms in total. The second-order valence-electron chi connectivity index (χ2n) is 7.00. The molecule has 1 aliphatic heterocycles. The SMILES string of the molecule is C[C@@H]1CN(S(=O)(=O)c2cccc(C(=O)NCCSCc3ccco3)c2)C[C@@H](C)O1. The average molecular weight is 439 g/mol. The van der Waals surface area contributed by atoms with Crippen LogP contribution in [0.1, 0.15) is 30.0 Å². The molecule has 2 atom stereocenters. The molecular weight excluding hydrogens is 412 g/mol. The first-order chi connectivity index (χ1) is 13.9. The number of amides is 1. The van der Waals surface area contributed by atoms with Gasteiger partial charge in [-0.1, -0.05) is 6.07 Å². The van der Waals surface area contributed by atoms with Crippen LogP contribution in [0.25, 0.3) is 0 Å². The summed E-state index contributed by atoms with van der Waals surface area (Å²) in [6, 6.07) is 9.93. The van der Waals surface area contributed by atoms with Crippen molar-refractivity contribution < 1.29 is 22.4 Å². The maximum atomic E-state index is 13.0. The van der Waals surface area contributed by atoms with E-state index in [1.807, 2.05) is 26.0 Å². The molecule has 1 aromatic carbocycles. The van der Waals surface area contributed by atoms with Crippen LogP contribution in [-0.4, -0.2) is 56.2 Å². The molecule has 9 heteroatoms. The van der Waals surface area contributed by atoms with E-state index in [1.54, 1.807) is 30.2 Å². The summed E-state index contributed by atoms with van der Waals surface area (Å²) < 4.78 is 38.3. The van der Waals surface area contributed by atoms with Gasteiger partial charge in [0.2, 0.25) is 10.0 Å². The lowest BCUT2D eigenvalue weighted by molar-refractivity contribution is -0.0440. The highest BCUT2D eigenvalue weighted by Gasteiger charge is 2.32. The number of furan rings is 1. The Morgan fingerprint density at radius 3 is 2.66 bits per heavy atom. The lowest BCUT2D eigenvalue weighted by Gasteiger charge is -2.34. The first kappa shape index (κ1) is 21.9. The van der Waals surface area contributed by atoms with Crippen molar-refractivity contribution in [2.75, 3.05) is 25.4 Å². The Morgan fingerprint density at radius 2 is 1.97 bits per heavy atom. The number of hydrogen-bond acceptors (Lipinski definition) is 6. The molecule has 0 bridgehead atoms. The highest BCUT2D eigenvalue weighted by Crippen LogP contribution is 2.22. The number of rotatable bonds is 8. The third-order valence-corrected chi connectivity index (χ3v) is 7.29. The second-order valence-corrected chi connectivity index (χ2v) is 10.0. The molecule has 3 rings (SSSR count). The summed E-state index contributed by atoms with van der Waals surface area (Å²) in [7, 11) is -3.68. The molecule has 1 N–H and O–H groups in total. The highest BCUT2D eigenvalue weighted by molar-refractivity contribution is 7.98. The molecule has 0 unspecified atom stereocenters. The van der Waals surface area contributed by atoms with E-state index in [0.717, 1.165) is 17.3 Å². The number of sulfonamides is 1. The van der Waals surface area contributed by atoms with Gasteiger partial charge in [0.15, 0.2) is 0 Å². The van der Waals surface area contributed by atoms with Gasteiger partial charge in [0.25, 0.3) is 5.91 Å². The first-order valence-corrected chi connectivity index (χ1v) is 12.1. The number of benzene rings is 1. The fourth-order valence-electron chi connectivity index (χ4n) is 3.18. The van der Waals surface area contributed by atoms with Crippen molar-refractivity contribution in [3.8, 4) is 0 Å². The Balaban J connectivity index is 1.57. The summed E-state index contributed by atoms with van der Waals surface area (Å²) in [5, 5.41) is 2.83. The molecule has 29 heavy (non-hydrogen) atoms. The fraction of sp³-hybridized carbons (Fsp3) is 0.450. The van der Waals surface area contributed by atoms with E-state index >= 15 is 0 Å². The molecule has 1 fully saturated rings. The second kappa shape index (κ2) is 9.80. The summed E-state index contributed by atoms with van der Waals surface area (Å²) in [4.78, 5) is 12.6. The van der Waals surface area contributed by atoms with Crippen LogP contribution in [-0.2, 0) is 20.5 Å². The Hall–Kier alpha value is -1.81. The largest absolute Gasteiger partial charge is 0.468 e. The van der Waals surface area contributed by atoms with Gasteiger partial charge in [0.1, 0.15) is 5.76 Å². The molecule has 0 radical (unpaired) electrons. The summed E-state index contributed by atoms with van der Waals surface area (Å²) in [6.45, 7) is 4.80. The molecule has 158 valence electrons. The van der Waals surface area contributed by atoms with Crippen molar-refractivity contribution in [3.05, 3.63) is 54.0 Å².